The number of thioether (sulfide) groups is 1. The Morgan fingerprint density at radius 1 is 1.20 bits per heavy atom. The van der Waals surface area contributed by atoms with E-state index in [2.05, 4.69) is 41.5 Å². The molecule has 3 heteroatoms. The number of aryl methyl sites for hydroxylation is 2. The molecule has 102 valence electrons. The van der Waals surface area contributed by atoms with Gasteiger partial charge in [-0.1, -0.05) is 17.9 Å². The molecular formula is C17H16OS2. The summed E-state index contributed by atoms with van der Waals surface area (Å²) in [5, 5.41) is 10.7. The third-order valence-electron chi connectivity index (χ3n) is 3.42. The highest BCUT2D eigenvalue weighted by Gasteiger charge is 2.11. The third kappa shape index (κ3) is 3.27. The quantitative estimate of drug-likeness (QED) is 0.686. The molecule has 1 aliphatic carbocycles. The molecule has 0 radical (unpaired) electrons. The van der Waals surface area contributed by atoms with E-state index in [0.29, 0.717) is 0 Å². The predicted octanol–water partition coefficient (Wildman–Crippen LogP) is 3.87. The van der Waals surface area contributed by atoms with Crippen LogP contribution >= 0.6 is 23.1 Å². The molecule has 1 N–H and O–H groups in total. The van der Waals surface area contributed by atoms with Crippen LogP contribution in [0, 0.1) is 11.8 Å². The van der Waals surface area contributed by atoms with Crippen molar-refractivity contribution in [1.29, 1.82) is 0 Å². The van der Waals surface area contributed by atoms with Crippen molar-refractivity contribution in [3.05, 3.63) is 51.2 Å². The molecule has 1 aromatic carbocycles. The van der Waals surface area contributed by atoms with Crippen molar-refractivity contribution < 1.29 is 5.11 Å². The molecule has 2 aromatic rings. The number of hydrogen-bond acceptors (Lipinski definition) is 3. The summed E-state index contributed by atoms with van der Waals surface area (Å²) in [5.74, 6) is 6.62. The zero-order valence-electron chi connectivity index (χ0n) is 11.2. The molecule has 3 rings (SSSR count). The lowest BCUT2D eigenvalue weighted by Crippen LogP contribution is -1.83. The Kier molecular flexibility index (Phi) is 4.47. The maximum atomic E-state index is 8.69. The minimum Gasteiger partial charge on any atom is -0.384 e. The van der Waals surface area contributed by atoms with Crippen LogP contribution in [0.2, 0.25) is 0 Å². The van der Waals surface area contributed by atoms with Crippen LogP contribution in [0.4, 0.5) is 0 Å². The summed E-state index contributed by atoms with van der Waals surface area (Å²) in [7, 11) is 0. The minimum absolute atomic E-state index is 0.0743. The van der Waals surface area contributed by atoms with E-state index in [4.69, 9.17) is 5.11 Å². The molecule has 1 aliphatic rings. The van der Waals surface area contributed by atoms with E-state index in [1.807, 2.05) is 11.8 Å². The fourth-order valence-electron chi connectivity index (χ4n) is 2.46. The molecular weight excluding hydrogens is 284 g/mol. The standard InChI is InChI=1S/C17H16OS2/c18-8-2-3-13-9-17(19-11-13)12-20-16-7-6-14-4-1-5-15(14)10-16/h6-7,9-11,18H,1,4-5,8,12H2. The van der Waals surface area contributed by atoms with E-state index in [1.165, 1.54) is 40.2 Å². The van der Waals surface area contributed by atoms with Gasteiger partial charge in [0.2, 0.25) is 0 Å². The molecule has 0 spiro atoms. The molecule has 0 bridgehead atoms. The van der Waals surface area contributed by atoms with Crippen LogP contribution in [0.1, 0.15) is 28.0 Å². The molecule has 1 heterocycles. The summed E-state index contributed by atoms with van der Waals surface area (Å²) in [4.78, 5) is 2.69. The van der Waals surface area contributed by atoms with Gasteiger partial charge in [0.25, 0.3) is 0 Å². The highest BCUT2D eigenvalue weighted by Crippen LogP contribution is 2.30. The average Bonchev–Trinajstić information content (AvgIpc) is 3.11. The Balaban J connectivity index is 1.63. The molecule has 0 unspecified atom stereocenters. The first-order chi connectivity index (χ1) is 9.85. The molecule has 0 saturated carbocycles. The summed E-state index contributed by atoms with van der Waals surface area (Å²) in [6.45, 7) is -0.0743. The fraction of sp³-hybridized carbons (Fsp3) is 0.294. The summed E-state index contributed by atoms with van der Waals surface area (Å²) >= 11 is 3.63. The Morgan fingerprint density at radius 3 is 3.00 bits per heavy atom. The molecule has 0 amide bonds. The first-order valence-corrected chi connectivity index (χ1v) is 8.63. The number of fused-ring (bicyclic) bond motifs is 1. The molecule has 1 nitrogen and oxygen atoms in total. The van der Waals surface area contributed by atoms with Crippen molar-refractivity contribution >= 4 is 23.1 Å². The maximum Gasteiger partial charge on any atom is 0.104 e. The summed E-state index contributed by atoms with van der Waals surface area (Å²) in [6.07, 6.45) is 3.79. The lowest BCUT2D eigenvalue weighted by atomic mass is 10.1. The van der Waals surface area contributed by atoms with E-state index in [-0.39, 0.29) is 6.61 Å². The molecule has 0 atom stereocenters. The van der Waals surface area contributed by atoms with Crippen LogP contribution < -0.4 is 0 Å². The second-order valence-corrected chi connectivity index (χ2v) is 6.88. The van der Waals surface area contributed by atoms with Crippen molar-refractivity contribution in [1.82, 2.24) is 0 Å². The number of thiophene rings is 1. The van der Waals surface area contributed by atoms with E-state index < -0.39 is 0 Å². The van der Waals surface area contributed by atoms with Crippen molar-refractivity contribution in [3.63, 3.8) is 0 Å². The smallest absolute Gasteiger partial charge is 0.104 e. The van der Waals surface area contributed by atoms with E-state index >= 15 is 0 Å². The van der Waals surface area contributed by atoms with Gasteiger partial charge >= 0.3 is 0 Å². The number of hydrogen-bond donors (Lipinski definition) is 1. The van der Waals surface area contributed by atoms with Crippen molar-refractivity contribution in [2.45, 2.75) is 29.9 Å². The van der Waals surface area contributed by atoms with Crippen molar-refractivity contribution in [2.75, 3.05) is 6.61 Å². The maximum absolute atomic E-state index is 8.69. The molecule has 20 heavy (non-hydrogen) atoms. The normalized spacial score (nSPS) is 12.8. The van der Waals surface area contributed by atoms with Crippen LogP contribution in [-0.2, 0) is 18.6 Å². The van der Waals surface area contributed by atoms with Crippen molar-refractivity contribution in [3.8, 4) is 11.8 Å². The van der Waals surface area contributed by atoms with Gasteiger partial charge in [0.15, 0.2) is 0 Å². The summed E-state index contributed by atoms with van der Waals surface area (Å²) in [6, 6.07) is 9.01. The zero-order valence-corrected chi connectivity index (χ0v) is 12.8. The first kappa shape index (κ1) is 13.8. The van der Waals surface area contributed by atoms with Crippen LogP contribution in [-0.4, -0.2) is 11.7 Å². The van der Waals surface area contributed by atoms with Gasteiger partial charge in [-0.3, -0.25) is 0 Å². The van der Waals surface area contributed by atoms with Crippen LogP contribution in [0.25, 0.3) is 0 Å². The Bertz CT molecular complexity index is 661. The Hall–Kier alpha value is -1.21. The van der Waals surface area contributed by atoms with Crippen LogP contribution in [0.15, 0.2) is 34.5 Å². The second kappa shape index (κ2) is 6.49. The van der Waals surface area contributed by atoms with E-state index in [1.54, 1.807) is 11.3 Å². The third-order valence-corrected chi connectivity index (χ3v) is 5.58. The average molecular weight is 300 g/mol. The molecule has 0 fully saturated rings. The molecule has 0 aliphatic heterocycles. The summed E-state index contributed by atoms with van der Waals surface area (Å²) in [5.41, 5.74) is 4.08. The zero-order chi connectivity index (χ0) is 13.8. The Labute approximate surface area is 128 Å². The lowest BCUT2D eigenvalue weighted by Gasteiger charge is -2.03. The van der Waals surface area contributed by atoms with Gasteiger partial charge in [-0.05, 0) is 48.6 Å². The number of rotatable bonds is 3. The monoisotopic (exact) mass is 300 g/mol. The van der Waals surface area contributed by atoms with Crippen LogP contribution in [0.5, 0.6) is 0 Å². The first-order valence-electron chi connectivity index (χ1n) is 6.77. The Morgan fingerprint density at radius 2 is 2.10 bits per heavy atom. The van der Waals surface area contributed by atoms with Crippen LogP contribution in [0.3, 0.4) is 0 Å². The SMILES string of the molecule is OCC#Cc1csc(CSc2ccc3c(c2)CCC3)c1. The van der Waals surface area contributed by atoms with Gasteiger partial charge in [0.1, 0.15) is 6.61 Å². The van der Waals surface area contributed by atoms with Crippen molar-refractivity contribution in [2.24, 2.45) is 0 Å². The van der Waals surface area contributed by atoms with E-state index in [0.717, 1.165) is 11.3 Å². The number of aliphatic hydroxyl groups excluding tert-OH is 1. The summed E-state index contributed by atoms with van der Waals surface area (Å²) < 4.78 is 0. The second-order valence-electron chi connectivity index (χ2n) is 4.83. The molecule has 1 aromatic heterocycles. The largest absolute Gasteiger partial charge is 0.384 e. The van der Waals surface area contributed by atoms with Gasteiger partial charge in [-0.2, -0.15) is 0 Å². The topological polar surface area (TPSA) is 20.2 Å². The molecule has 0 saturated heterocycles. The number of aliphatic hydroxyl groups is 1. The predicted molar refractivity (Wildman–Crippen MR) is 86.3 cm³/mol. The van der Waals surface area contributed by atoms with E-state index in [9.17, 15) is 0 Å². The van der Waals surface area contributed by atoms with Gasteiger partial charge in [0, 0.05) is 26.5 Å². The van der Waals surface area contributed by atoms with Gasteiger partial charge in [-0.15, -0.1) is 23.1 Å². The fourth-order valence-corrected chi connectivity index (χ4v) is 4.29. The van der Waals surface area contributed by atoms with Gasteiger partial charge in [-0.25, -0.2) is 0 Å². The minimum atomic E-state index is -0.0743. The highest BCUT2D eigenvalue weighted by molar-refractivity contribution is 7.98. The lowest BCUT2D eigenvalue weighted by molar-refractivity contribution is 0.350. The van der Waals surface area contributed by atoms with Gasteiger partial charge in [0.05, 0.1) is 0 Å². The number of benzene rings is 1. The highest BCUT2D eigenvalue weighted by atomic mass is 32.2. The van der Waals surface area contributed by atoms with Gasteiger partial charge < -0.3 is 5.11 Å².